The highest BCUT2D eigenvalue weighted by atomic mass is 79.9. The van der Waals surface area contributed by atoms with Gasteiger partial charge in [0.1, 0.15) is 0 Å². The fourth-order valence-corrected chi connectivity index (χ4v) is 3.48. The number of benzene rings is 2. The molecule has 0 saturated carbocycles. The second kappa shape index (κ2) is 9.50. The Labute approximate surface area is 161 Å². The standard InChI is InChI=1S/C19H20BrN3OS/c1-14(11-21)13-25-18-10-6-5-9-17(18)22-19(24)23(2)12-15-7-3-4-8-16(15)20/h3-10,14H,12-13H2,1-2H3,(H,22,24). The van der Waals surface area contributed by atoms with Crippen molar-refractivity contribution < 1.29 is 4.79 Å². The maximum Gasteiger partial charge on any atom is 0.321 e. The van der Waals surface area contributed by atoms with Crippen LogP contribution in [-0.4, -0.2) is 23.7 Å². The van der Waals surface area contributed by atoms with Crippen molar-refractivity contribution in [2.75, 3.05) is 18.1 Å². The lowest BCUT2D eigenvalue weighted by molar-refractivity contribution is 0.220. The molecular weight excluding hydrogens is 398 g/mol. The first-order valence-corrected chi connectivity index (χ1v) is 9.66. The van der Waals surface area contributed by atoms with Gasteiger partial charge in [0.05, 0.1) is 17.7 Å². The van der Waals surface area contributed by atoms with Crippen LogP contribution in [0.3, 0.4) is 0 Å². The first-order chi connectivity index (χ1) is 12.0. The van der Waals surface area contributed by atoms with Crippen LogP contribution in [0.5, 0.6) is 0 Å². The Hall–Kier alpha value is -1.97. The molecule has 1 atom stereocenters. The van der Waals surface area contributed by atoms with Crippen LogP contribution in [0.15, 0.2) is 57.9 Å². The third-order valence-corrected chi connectivity index (χ3v) is 5.66. The number of para-hydroxylation sites is 1. The Balaban J connectivity index is 2.02. The molecule has 6 heteroatoms. The smallest absolute Gasteiger partial charge is 0.321 e. The summed E-state index contributed by atoms with van der Waals surface area (Å²) in [5, 5.41) is 11.9. The zero-order valence-corrected chi connectivity index (χ0v) is 16.6. The summed E-state index contributed by atoms with van der Waals surface area (Å²) in [5.41, 5.74) is 1.81. The summed E-state index contributed by atoms with van der Waals surface area (Å²) in [6.07, 6.45) is 0. The zero-order valence-electron chi connectivity index (χ0n) is 14.2. The number of anilines is 1. The largest absolute Gasteiger partial charge is 0.323 e. The van der Waals surface area contributed by atoms with Crippen molar-refractivity contribution in [2.45, 2.75) is 18.4 Å². The molecule has 2 amide bonds. The predicted molar refractivity (Wildman–Crippen MR) is 107 cm³/mol. The number of carbonyl (C=O) groups is 1. The minimum absolute atomic E-state index is 0.0353. The quantitative estimate of drug-likeness (QED) is 0.642. The average molecular weight is 418 g/mol. The average Bonchev–Trinajstić information content (AvgIpc) is 2.62. The number of thioether (sulfide) groups is 1. The van der Waals surface area contributed by atoms with Gasteiger partial charge in [-0.25, -0.2) is 4.79 Å². The number of nitriles is 1. The number of halogens is 1. The Kier molecular flexibility index (Phi) is 7.35. The second-order valence-corrected chi connectivity index (χ2v) is 7.63. The summed E-state index contributed by atoms with van der Waals surface area (Å²) in [6.45, 7) is 2.40. The van der Waals surface area contributed by atoms with Crippen molar-refractivity contribution in [3.8, 4) is 6.07 Å². The number of amides is 2. The van der Waals surface area contributed by atoms with Gasteiger partial charge in [0, 0.05) is 28.7 Å². The minimum atomic E-state index is -0.169. The third kappa shape index (κ3) is 5.80. The van der Waals surface area contributed by atoms with Crippen LogP contribution in [0, 0.1) is 17.2 Å². The number of carbonyl (C=O) groups excluding carboxylic acids is 1. The molecular formula is C19H20BrN3OS. The lowest BCUT2D eigenvalue weighted by atomic mass is 10.2. The Morgan fingerprint density at radius 1 is 1.28 bits per heavy atom. The molecule has 0 aliphatic rings. The van der Waals surface area contributed by atoms with Gasteiger partial charge in [0.2, 0.25) is 0 Å². The van der Waals surface area contributed by atoms with Crippen LogP contribution in [0.2, 0.25) is 0 Å². The van der Waals surface area contributed by atoms with E-state index in [1.165, 1.54) is 0 Å². The Bertz CT molecular complexity index is 775. The number of hydrogen-bond donors (Lipinski definition) is 1. The van der Waals surface area contributed by atoms with Gasteiger partial charge in [-0.3, -0.25) is 0 Å². The fourth-order valence-electron chi connectivity index (χ4n) is 2.11. The van der Waals surface area contributed by atoms with E-state index in [4.69, 9.17) is 5.26 Å². The highest BCUT2D eigenvalue weighted by Crippen LogP contribution is 2.28. The molecule has 0 aliphatic carbocycles. The lowest BCUT2D eigenvalue weighted by Gasteiger charge is -2.20. The van der Waals surface area contributed by atoms with E-state index in [0.717, 1.165) is 20.6 Å². The van der Waals surface area contributed by atoms with Gasteiger partial charge < -0.3 is 10.2 Å². The van der Waals surface area contributed by atoms with Crippen molar-refractivity contribution in [1.82, 2.24) is 4.90 Å². The molecule has 130 valence electrons. The lowest BCUT2D eigenvalue weighted by Crippen LogP contribution is -2.31. The zero-order chi connectivity index (χ0) is 18.2. The van der Waals surface area contributed by atoms with Crippen molar-refractivity contribution >= 4 is 39.4 Å². The summed E-state index contributed by atoms with van der Waals surface area (Å²) in [4.78, 5) is 15.1. The van der Waals surface area contributed by atoms with Crippen LogP contribution >= 0.6 is 27.7 Å². The molecule has 25 heavy (non-hydrogen) atoms. The first kappa shape index (κ1) is 19.4. The van der Waals surface area contributed by atoms with Gasteiger partial charge in [0.25, 0.3) is 0 Å². The highest BCUT2D eigenvalue weighted by Gasteiger charge is 2.13. The van der Waals surface area contributed by atoms with E-state index in [1.54, 1.807) is 23.7 Å². The molecule has 0 heterocycles. The van der Waals surface area contributed by atoms with E-state index in [0.29, 0.717) is 12.3 Å². The fraction of sp³-hybridized carbons (Fsp3) is 0.263. The summed E-state index contributed by atoms with van der Waals surface area (Å²) >= 11 is 5.08. The van der Waals surface area contributed by atoms with Crippen molar-refractivity contribution in [3.63, 3.8) is 0 Å². The number of nitrogens with one attached hydrogen (secondary N) is 1. The van der Waals surface area contributed by atoms with Gasteiger partial charge in [-0.15, -0.1) is 11.8 Å². The molecule has 0 fully saturated rings. The Morgan fingerprint density at radius 3 is 2.68 bits per heavy atom. The first-order valence-electron chi connectivity index (χ1n) is 7.88. The molecule has 2 rings (SSSR count). The third-order valence-electron chi connectivity index (χ3n) is 3.55. The van der Waals surface area contributed by atoms with Crippen molar-refractivity contribution in [1.29, 1.82) is 5.26 Å². The molecule has 0 spiro atoms. The number of urea groups is 1. The van der Waals surface area contributed by atoms with Crippen molar-refractivity contribution in [3.05, 3.63) is 58.6 Å². The molecule has 0 bridgehead atoms. The molecule has 2 aromatic rings. The molecule has 0 aliphatic heterocycles. The highest BCUT2D eigenvalue weighted by molar-refractivity contribution is 9.10. The van der Waals surface area contributed by atoms with Gasteiger partial charge in [-0.05, 0) is 30.7 Å². The minimum Gasteiger partial charge on any atom is -0.323 e. The molecule has 2 aromatic carbocycles. The van der Waals surface area contributed by atoms with E-state index < -0.39 is 0 Å². The van der Waals surface area contributed by atoms with Crippen molar-refractivity contribution in [2.24, 2.45) is 5.92 Å². The van der Waals surface area contributed by atoms with Gasteiger partial charge in [0.15, 0.2) is 0 Å². The molecule has 1 unspecified atom stereocenters. The van der Waals surface area contributed by atoms with Gasteiger partial charge in [-0.2, -0.15) is 5.26 Å². The van der Waals surface area contributed by atoms with Gasteiger partial charge in [-0.1, -0.05) is 46.3 Å². The van der Waals surface area contributed by atoms with Gasteiger partial charge >= 0.3 is 6.03 Å². The topological polar surface area (TPSA) is 56.1 Å². The monoisotopic (exact) mass is 417 g/mol. The van der Waals surface area contributed by atoms with Crippen LogP contribution in [-0.2, 0) is 6.54 Å². The van der Waals surface area contributed by atoms with Crippen LogP contribution < -0.4 is 5.32 Å². The van der Waals surface area contributed by atoms with E-state index in [-0.39, 0.29) is 11.9 Å². The molecule has 0 aromatic heterocycles. The van der Waals surface area contributed by atoms with E-state index in [9.17, 15) is 4.79 Å². The van der Waals surface area contributed by atoms with E-state index >= 15 is 0 Å². The number of rotatable bonds is 6. The maximum atomic E-state index is 12.5. The summed E-state index contributed by atoms with van der Waals surface area (Å²) < 4.78 is 0.982. The molecule has 4 nitrogen and oxygen atoms in total. The molecule has 0 radical (unpaired) electrons. The molecule has 1 N–H and O–H groups in total. The summed E-state index contributed by atoms with van der Waals surface area (Å²) in [7, 11) is 1.77. The number of hydrogen-bond acceptors (Lipinski definition) is 3. The van der Waals surface area contributed by atoms with Crippen LogP contribution in [0.4, 0.5) is 10.5 Å². The maximum absolute atomic E-state index is 12.5. The van der Waals surface area contributed by atoms with Crippen LogP contribution in [0.25, 0.3) is 0 Å². The molecule has 0 saturated heterocycles. The number of nitrogens with zero attached hydrogens (tertiary/aromatic N) is 2. The summed E-state index contributed by atoms with van der Waals surface area (Å²) in [5.74, 6) is 0.655. The second-order valence-electron chi connectivity index (χ2n) is 5.71. The Morgan fingerprint density at radius 2 is 1.96 bits per heavy atom. The summed E-state index contributed by atoms with van der Waals surface area (Å²) in [6, 6.07) is 17.6. The predicted octanol–water partition coefficient (Wildman–Crippen LogP) is 5.36. The van der Waals surface area contributed by atoms with E-state index in [2.05, 4.69) is 27.3 Å². The SMILES string of the molecule is CC(C#N)CSc1ccccc1NC(=O)N(C)Cc1ccccc1Br. The van der Waals surface area contributed by atoms with E-state index in [1.807, 2.05) is 55.5 Å². The normalized spacial score (nSPS) is 11.4. The van der Waals surface area contributed by atoms with Crippen LogP contribution in [0.1, 0.15) is 12.5 Å².